The fourth-order valence-electron chi connectivity index (χ4n) is 2.73. The molecular formula is C23H30N2O2. The minimum absolute atomic E-state index is 0.0910. The molecule has 0 bridgehead atoms. The van der Waals surface area contributed by atoms with Gasteiger partial charge in [-0.2, -0.15) is 0 Å². The van der Waals surface area contributed by atoms with Gasteiger partial charge in [0.1, 0.15) is 0 Å². The summed E-state index contributed by atoms with van der Waals surface area (Å²) >= 11 is 0. The Morgan fingerprint density at radius 2 is 1.63 bits per heavy atom. The fraction of sp³-hybridized carbons (Fsp3) is 0.391. The van der Waals surface area contributed by atoms with E-state index < -0.39 is 0 Å². The van der Waals surface area contributed by atoms with Crippen LogP contribution in [0.3, 0.4) is 0 Å². The number of benzene rings is 2. The Bertz CT molecular complexity index is 766. The lowest BCUT2D eigenvalue weighted by Crippen LogP contribution is -2.32. The smallest absolute Gasteiger partial charge is 0.253 e. The number of aryl methyl sites for hydroxylation is 1. The molecule has 0 aromatic heterocycles. The van der Waals surface area contributed by atoms with Gasteiger partial charge >= 0.3 is 0 Å². The first-order valence-electron chi connectivity index (χ1n) is 9.69. The molecule has 2 N–H and O–H groups in total. The fourth-order valence-corrected chi connectivity index (χ4v) is 2.73. The maximum atomic E-state index is 12.4. The maximum absolute atomic E-state index is 12.4. The quantitative estimate of drug-likeness (QED) is 0.697. The third-order valence-electron chi connectivity index (χ3n) is 4.72. The molecule has 2 aromatic carbocycles. The molecular weight excluding hydrogens is 336 g/mol. The molecule has 4 nitrogen and oxygen atoms in total. The Morgan fingerprint density at radius 1 is 0.963 bits per heavy atom. The van der Waals surface area contributed by atoms with Gasteiger partial charge in [-0.15, -0.1) is 0 Å². The molecule has 27 heavy (non-hydrogen) atoms. The highest BCUT2D eigenvalue weighted by atomic mass is 16.2. The zero-order chi connectivity index (χ0) is 19.8. The Balaban J connectivity index is 1.96. The molecule has 144 valence electrons. The van der Waals surface area contributed by atoms with Crippen LogP contribution in [0.2, 0.25) is 0 Å². The number of carbonyl (C=O) groups excluding carboxylic acids is 2. The molecule has 0 saturated carbocycles. The molecule has 0 aliphatic heterocycles. The zero-order valence-electron chi connectivity index (χ0n) is 16.7. The van der Waals surface area contributed by atoms with Crippen molar-refractivity contribution >= 4 is 17.5 Å². The molecule has 2 rings (SSSR count). The van der Waals surface area contributed by atoms with Gasteiger partial charge in [0.05, 0.1) is 11.3 Å². The summed E-state index contributed by atoms with van der Waals surface area (Å²) in [5.41, 5.74) is 3.48. The van der Waals surface area contributed by atoms with Gasteiger partial charge in [0.25, 0.3) is 5.91 Å². The van der Waals surface area contributed by atoms with Crippen LogP contribution in [-0.4, -0.2) is 17.9 Å². The number of amides is 2. The first-order valence-corrected chi connectivity index (χ1v) is 9.69. The van der Waals surface area contributed by atoms with Crippen LogP contribution < -0.4 is 10.6 Å². The van der Waals surface area contributed by atoms with Crippen LogP contribution in [0.25, 0.3) is 0 Å². The van der Waals surface area contributed by atoms with Crippen LogP contribution in [0.4, 0.5) is 5.69 Å². The van der Waals surface area contributed by atoms with Crippen molar-refractivity contribution in [1.82, 2.24) is 5.32 Å². The molecule has 0 spiro atoms. The summed E-state index contributed by atoms with van der Waals surface area (Å²) in [5, 5.41) is 5.82. The normalized spacial score (nSPS) is 11.9. The van der Waals surface area contributed by atoms with E-state index in [1.54, 1.807) is 18.2 Å². The lowest BCUT2D eigenvalue weighted by Gasteiger charge is -2.14. The average Bonchev–Trinajstić information content (AvgIpc) is 2.66. The Hall–Kier alpha value is -2.62. The average molecular weight is 367 g/mol. The van der Waals surface area contributed by atoms with Gasteiger partial charge in [-0.05, 0) is 48.9 Å². The van der Waals surface area contributed by atoms with Crippen molar-refractivity contribution in [2.24, 2.45) is 0 Å². The van der Waals surface area contributed by atoms with E-state index in [-0.39, 0.29) is 17.9 Å². The van der Waals surface area contributed by atoms with E-state index in [0.717, 1.165) is 12.0 Å². The third kappa shape index (κ3) is 6.24. The van der Waals surface area contributed by atoms with Gasteiger partial charge in [-0.1, -0.05) is 57.2 Å². The molecule has 0 heterocycles. The second-order valence-electron chi connectivity index (χ2n) is 7.27. The Kier molecular flexibility index (Phi) is 7.59. The third-order valence-corrected chi connectivity index (χ3v) is 4.72. The SMILES string of the molecule is CC[C@H](C)NC(=O)c1ccccc1NC(=O)CCc1ccc(C(C)C)cc1. The monoisotopic (exact) mass is 366 g/mol. The topological polar surface area (TPSA) is 58.2 Å². The van der Waals surface area contributed by atoms with Crippen molar-refractivity contribution < 1.29 is 9.59 Å². The minimum atomic E-state index is -0.162. The Morgan fingerprint density at radius 3 is 2.26 bits per heavy atom. The van der Waals surface area contributed by atoms with Crippen LogP contribution in [0.5, 0.6) is 0 Å². The summed E-state index contributed by atoms with van der Waals surface area (Å²) in [4.78, 5) is 24.8. The number of rotatable bonds is 8. The standard InChI is InChI=1S/C23H30N2O2/c1-5-17(4)24-23(27)20-8-6-7-9-21(20)25-22(26)15-12-18-10-13-19(14-11-18)16(2)3/h6-11,13-14,16-17H,5,12,15H2,1-4H3,(H,24,27)(H,25,26)/t17-/m0/s1. The summed E-state index contributed by atoms with van der Waals surface area (Å²) in [7, 11) is 0. The maximum Gasteiger partial charge on any atom is 0.253 e. The van der Waals surface area contributed by atoms with E-state index in [9.17, 15) is 9.59 Å². The van der Waals surface area contributed by atoms with E-state index in [1.165, 1.54) is 5.56 Å². The first-order chi connectivity index (χ1) is 12.9. The molecule has 0 unspecified atom stereocenters. The summed E-state index contributed by atoms with van der Waals surface area (Å²) in [5.74, 6) is 0.247. The summed E-state index contributed by atoms with van der Waals surface area (Å²) in [6.45, 7) is 8.31. The van der Waals surface area contributed by atoms with Crippen LogP contribution in [0.15, 0.2) is 48.5 Å². The molecule has 2 amide bonds. The second kappa shape index (κ2) is 9.91. The van der Waals surface area contributed by atoms with Gasteiger partial charge in [-0.25, -0.2) is 0 Å². The highest BCUT2D eigenvalue weighted by Gasteiger charge is 2.14. The molecule has 2 aromatic rings. The van der Waals surface area contributed by atoms with Crippen molar-refractivity contribution in [1.29, 1.82) is 0 Å². The summed E-state index contributed by atoms with van der Waals surface area (Å²) < 4.78 is 0. The highest BCUT2D eigenvalue weighted by Crippen LogP contribution is 2.17. The predicted molar refractivity (Wildman–Crippen MR) is 111 cm³/mol. The summed E-state index contributed by atoms with van der Waals surface area (Å²) in [6.07, 6.45) is 1.91. The lowest BCUT2D eigenvalue weighted by molar-refractivity contribution is -0.116. The molecule has 0 radical (unpaired) electrons. The molecule has 4 heteroatoms. The summed E-state index contributed by atoms with van der Waals surface area (Å²) in [6, 6.07) is 15.6. The number of nitrogens with one attached hydrogen (secondary N) is 2. The van der Waals surface area contributed by atoms with Gasteiger partial charge in [0, 0.05) is 12.5 Å². The van der Waals surface area contributed by atoms with Crippen molar-refractivity contribution in [2.45, 2.75) is 58.9 Å². The Labute approximate surface area is 162 Å². The molecule has 0 fully saturated rings. The van der Waals surface area contributed by atoms with Crippen LogP contribution in [0.1, 0.15) is 67.9 Å². The van der Waals surface area contributed by atoms with E-state index in [2.05, 4.69) is 48.7 Å². The van der Waals surface area contributed by atoms with Crippen LogP contribution >= 0.6 is 0 Å². The van der Waals surface area contributed by atoms with Crippen LogP contribution in [-0.2, 0) is 11.2 Å². The van der Waals surface area contributed by atoms with Gasteiger partial charge < -0.3 is 10.6 Å². The molecule has 0 aliphatic rings. The predicted octanol–water partition coefficient (Wildman–Crippen LogP) is 4.91. The van der Waals surface area contributed by atoms with Crippen molar-refractivity contribution in [3.63, 3.8) is 0 Å². The van der Waals surface area contributed by atoms with E-state index >= 15 is 0 Å². The first kappa shape index (κ1) is 20.7. The van der Waals surface area contributed by atoms with E-state index in [1.807, 2.05) is 19.9 Å². The van der Waals surface area contributed by atoms with Gasteiger partial charge in [-0.3, -0.25) is 9.59 Å². The second-order valence-corrected chi connectivity index (χ2v) is 7.27. The van der Waals surface area contributed by atoms with Crippen LogP contribution in [0, 0.1) is 0 Å². The van der Waals surface area contributed by atoms with Crippen molar-refractivity contribution in [3.8, 4) is 0 Å². The number of hydrogen-bond acceptors (Lipinski definition) is 2. The lowest BCUT2D eigenvalue weighted by atomic mass is 10.0. The molecule has 1 atom stereocenters. The minimum Gasteiger partial charge on any atom is -0.350 e. The van der Waals surface area contributed by atoms with Crippen molar-refractivity contribution in [3.05, 3.63) is 65.2 Å². The van der Waals surface area contributed by atoms with E-state index in [4.69, 9.17) is 0 Å². The number of carbonyl (C=O) groups is 2. The zero-order valence-corrected chi connectivity index (χ0v) is 16.7. The molecule has 0 saturated heterocycles. The van der Waals surface area contributed by atoms with Gasteiger partial charge in [0.15, 0.2) is 0 Å². The highest BCUT2D eigenvalue weighted by molar-refractivity contribution is 6.03. The van der Waals surface area contributed by atoms with Crippen molar-refractivity contribution in [2.75, 3.05) is 5.32 Å². The number of para-hydroxylation sites is 1. The van der Waals surface area contributed by atoms with Gasteiger partial charge in [0.2, 0.25) is 5.91 Å². The molecule has 0 aliphatic carbocycles. The largest absolute Gasteiger partial charge is 0.350 e. The van der Waals surface area contributed by atoms with E-state index in [0.29, 0.717) is 30.0 Å². The number of hydrogen-bond donors (Lipinski definition) is 2. The number of anilines is 1.